The molecule has 0 aliphatic rings. The lowest BCUT2D eigenvalue weighted by atomic mass is 10.1. The van der Waals surface area contributed by atoms with E-state index in [-0.39, 0.29) is 5.91 Å². The molecule has 0 saturated heterocycles. The van der Waals surface area contributed by atoms with Crippen LogP contribution in [-0.4, -0.2) is 38.6 Å². The third kappa shape index (κ3) is 3.94. The van der Waals surface area contributed by atoms with Gasteiger partial charge in [0.1, 0.15) is 11.5 Å². The van der Waals surface area contributed by atoms with Crippen LogP contribution >= 0.6 is 27.5 Å². The number of rotatable bonds is 6. The molecule has 0 unspecified atom stereocenters. The Morgan fingerprint density at radius 1 is 1.09 bits per heavy atom. The molecule has 1 amide bonds. The van der Waals surface area contributed by atoms with Gasteiger partial charge in [-0.1, -0.05) is 48.0 Å². The number of para-hydroxylation sites is 1. The van der Waals surface area contributed by atoms with Crippen LogP contribution in [0.4, 0.5) is 5.82 Å². The molecule has 0 spiro atoms. The molecule has 3 heterocycles. The summed E-state index contributed by atoms with van der Waals surface area (Å²) in [5.41, 5.74) is 3.71. The van der Waals surface area contributed by atoms with E-state index < -0.39 is 0 Å². The van der Waals surface area contributed by atoms with Crippen LogP contribution in [0.15, 0.2) is 71.3 Å². The van der Waals surface area contributed by atoms with Gasteiger partial charge in [0.25, 0.3) is 5.91 Å². The number of aromatic nitrogens is 4. The van der Waals surface area contributed by atoms with Gasteiger partial charge in [0, 0.05) is 40.6 Å². The van der Waals surface area contributed by atoms with Crippen LogP contribution in [0.3, 0.4) is 0 Å². The van der Waals surface area contributed by atoms with Crippen LogP contribution in [0.1, 0.15) is 10.5 Å². The van der Waals surface area contributed by atoms with E-state index in [9.17, 15) is 4.79 Å². The molecule has 32 heavy (non-hydrogen) atoms. The topological polar surface area (TPSA) is 87.1 Å². The summed E-state index contributed by atoms with van der Waals surface area (Å²) in [4.78, 5) is 20.3. The van der Waals surface area contributed by atoms with Crippen LogP contribution in [0.25, 0.3) is 27.8 Å². The maximum absolute atomic E-state index is 12.5. The summed E-state index contributed by atoms with van der Waals surface area (Å²) >= 11 is 9.88. The smallest absolute Gasteiger partial charge is 0.267 e. The van der Waals surface area contributed by atoms with Crippen LogP contribution in [0.2, 0.25) is 5.02 Å². The zero-order valence-electron chi connectivity index (χ0n) is 16.8. The highest BCUT2D eigenvalue weighted by atomic mass is 79.9. The molecule has 0 bridgehead atoms. The van der Waals surface area contributed by atoms with Gasteiger partial charge in [-0.2, -0.15) is 9.61 Å². The molecular formula is C23H18BrClN6O. The second kappa shape index (κ2) is 8.64. The van der Waals surface area contributed by atoms with Crippen molar-refractivity contribution < 1.29 is 4.79 Å². The van der Waals surface area contributed by atoms with Crippen molar-refractivity contribution in [3.8, 4) is 11.3 Å². The van der Waals surface area contributed by atoms with Crippen LogP contribution < -0.4 is 10.6 Å². The van der Waals surface area contributed by atoms with Gasteiger partial charge in [0.15, 0.2) is 5.65 Å². The van der Waals surface area contributed by atoms with E-state index in [1.807, 2.05) is 60.7 Å². The monoisotopic (exact) mass is 508 g/mol. The Morgan fingerprint density at radius 2 is 1.91 bits per heavy atom. The number of nitrogens with one attached hydrogen (secondary N) is 3. The van der Waals surface area contributed by atoms with E-state index in [2.05, 4.69) is 36.6 Å². The quantitative estimate of drug-likeness (QED) is 0.277. The van der Waals surface area contributed by atoms with Crippen LogP contribution in [-0.2, 0) is 0 Å². The Labute approximate surface area is 196 Å². The molecule has 0 aliphatic heterocycles. The lowest BCUT2D eigenvalue weighted by molar-refractivity contribution is 0.0951. The first kappa shape index (κ1) is 20.5. The second-order valence-electron chi connectivity index (χ2n) is 7.19. The number of amides is 1. The highest BCUT2D eigenvalue weighted by Crippen LogP contribution is 2.30. The van der Waals surface area contributed by atoms with Gasteiger partial charge < -0.3 is 15.6 Å². The van der Waals surface area contributed by atoms with E-state index in [0.717, 1.165) is 32.5 Å². The van der Waals surface area contributed by atoms with Gasteiger partial charge in [-0.05, 0) is 34.1 Å². The lowest BCUT2D eigenvalue weighted by Crippen LogP contribution is -2.29. The number of halogens is 2. The molecule has 0 radical (unpaired) electrons. The van der Waals surface area contributed by atoms with E-state index in [0.29, 0.717) is 29.5 Å². The predicted molar refractivity (Wildman–Crippen MR) is 130 cm³/mol. The number of benzene rings is 2. The van der Waals surface area contributed by atoms with Gasteiger partial charge in [-0.15, -0.1) is 0 Å². The van der Waals surface area contributed by atoms with Crippen molar-refractivity contribution in [1.29, 1.82) is 0 Å². The van der Waals surface area contributed by atoms with E-state index in [1.54, 1.807) is 10.7 Å². The summed E-state index contributed by atoms with van der Waals surface area (Å²) in [6.07, 6.45) is 1.70. The molecule has 0 saturated carbocycles. The largest absolute Gasteiger partial charge is 0.368 e. The standard InChI is InChI=1S/C23H18BrClN6O/c24-16-13-28-31-21(12-19(30-22(16)31)15-6-2-3-7-17(15)25)26-9-10-27-23(32)20-11-14-5-1-4-8-18(14)29-20/h1-8,11-13,26,29H,9-10H2,(H,27,32). The molecule has 9 heteroatoms. The number of anilines is 1. The molecule has 3 aromatic heterocycles. The lowest BCUT2D eigenvalue weighted by Gasteiger charge is -2.12. The summed E-state index contributed by atoms with van der Waals surface area (Å²) in [7, 11) is 0. The minimum atomic E-state index is -0.151. The summed E-state index contributed by atoms with van der Waals surface area (Å²) in [5.74, 6) is 0.594. The predicted octanol–water partition coefficient (Wildman–Crippen LogP) is 5.14. The van der Waals surface area contributed by atoms with Gasteiger partial charge in [0.05, 0.1) is 16.4 Å². The number of fused-ring (bicyclic) bond motifs is 2. The Morgan fingerprint density at radius 3 is 2.75 bits per heavy atom. The molecule has 0 atom stereocenters. The highest BCUT2D eigenvalue weighted by Gasteiger charge is 2.13. The zero-order chi connectivity index (χ0) is 22.1. The first-order chi connectivity index (χ1) is 15.6. The first-order valence-corrected chi connectivity index (χ1v) is 11.2. The van der Waals surface area contributed by atoms with Crippen LogP contribution in [0, 0.1) is 0 Å². The molecule has 0 fully saturated rings. The van der Waals surface area contributed by atoms with Crippen molar-refractivity contribution in [2.24, 2.45) is 0 Å². The van der Waals surface area contributed by atoms with Crippen molar-refractivity contribution >= 4 is 55.8 Å². The SMILES string of the molecule is O=C(NCCNc1cc(-c2ccccc2Cl)nc2c(Br)cnn12)c1cc2ccccc2[nH]1. The van der Waals surface area contributed by atoms with Gasteiger partial charge >= 0.3 is 0 Å². The van der Waals surface area contributed by atoms with E-state index in [1.165, 1.54) is 0 Å². The molecular weight excluding hydrogens is 492 g/mol. The fraction of sp³-hybridized carbons (Fsp3) is 0.0870. The summed E-state index contributed by atoms with van der Waals surface area (Å²) < 4.78 is 2.49. The Kier molecular flexibility index (Phi) is 5.55. The molecule has 5 aromatic rings. The number of H-pyrrole nitrogens is 1. The first-order valence-electron chi connectivity index (χ1n) is 9.99. The number of nitrogens with zero attached hydrogens (tertiary/aromatic N) is 3. The summed E-state index contributed by atoms with van der Waals surface area (Å²) in [5, 5.41) is 12.3. The van der Waals surface area contributed by atoms with Crippen molar-refractivity contribution in [3.05, 3.63) is 82.0 Å². The van der Waals surface area contributed by atoms with E-state index >= 15 is 0 Å². The normalized spacial score (nSPS) is 11.2. The van der Waals surface area contributed by atoms with Crippen molar-refractivity contribution in [2.45, 2.75) is 0 Å². The number of carbonyl (C=O) groups excluding carboxylic acids is 1. The molecule has 0 aliphatic carbocycles. The van der Waals surface area contributed by atoms with Gasteiger partial charge in [-0.3, -0.25) is 4.79 Å². The molecule has 7 nitrogen and oxygen atoms in total. The maximum Gasteiger partial charge on any atom is 0.267 e. The molecule has 3 N–H and O–H groups in total. The zero-order valence-corrected chi connectivity index (χ0v) is 19.1. The third-order valence-corrected chi connectivity index (χ3v) is 5.96. The molecule has 160 valence electrons. The van der Waals surface area contributed by atoms with Crippen molar-refractivity contribution in [1.82, 2.24) is 24.9 Å². The van der Waals surface area contributed by atoms with Gasteiger partial charge in [-0.25, -0.2) is 4.98 Å². The van der Waals surface area contributed by atoms with Crippen LogP contribution in [0.5, 0.6) is 0 Å². The van der Waals surface area contributed by atoms with Crippen molar-refractivity contribution in [2.75, 3.05) is 18.4 Å². The Balaban J connectivity index is 1.31. The number of hydrogen-bond acceptors (Lipinski definition) is 4. The second-order valence-corrected chi connectivity index (χ2v) is 8.45. The number of aromatic amines is 1. The Hall–Kier alpha value is -3.36. The van der Waals surface area contributed by atoms with Crippen molar-refractivity contribution in [3.63, 3.8) is 0 Å². The minimum Gasteiger partial charge on any atom is -0.368 e. The number of hydrogen-bond donors (Lipinski definition) is 3. The average Bonchev–Trinajstić information content (AvgIpc) is 3.41. The fourth-order valence-corrected chi connectivity index (χ4v) is 4.11. The molecule has 2 aromatic carbocycles. The highest BCUT2D eigenvalue weighted by molar-refractivity contribution is 9.10. The van der Waals surface area contributed by atoms with E-state index in [4.69, 9.17) is 16.6 Å². The summed E-state index contributed by atoms with van der Waals surface area (Å²) in [6, 6.07) is 19.1. The molecule has 5 rings (SSSR count). The number of carbonyl (C=O) groups is 1. The van der Waals surface area contributed by atoms with Gasteiger partial charge in [0.2, 0.25) is 0 Å². The Bertz CT molecular complexity index is 1410. The minimum absolute atomic E-state index is 0.151. The average molecular weight is 510 g/mol. The summed E-state index contributed by atoms with van der Waals surface area (Å²) in [6.45, 7) is 0.937. The third-order valence-electron chi connectivity index (χ3n) is 5.07. The maximum atomic E-state index is 12.5. The fourth-order valence-electron chi connectivity index (χ4n) is 3.53.